The summed E-state index contributed by atoms with van der Waals surface area (Å²) in [5.74, 6) is -0.357. The van der Waals surface area contributed by atoms with Crippen molar-refractivity contribution in [3.63, 3.8) is 0 Å². The van der Waals surface area contributed by atoms with Crippen LogP contribution in [-0.4, -0.2) is 31.7 Å². The third kappa shape index (κ3) is 6.36. The van der Waals surface area contributed by atoms with E-state index in [0.717, 1.165) is 22.9 Å². The van der Waals surface area contributed by atoms with Crippen molar-refractivity contribution in [1.82, 2.24) is 0 Å². The van der Waals surface area contributed by atoms with E-state index in [0.29, 0.717) is 16.9 Å². The first-order valence-electron chi connectivity index (χ1n) is 8.44. The van der Waals surface area contributed by atoms with Gasteiger partial charge in [0.15, 0.2) is 0 Å². The molecule has 0 aliphatic heterocycles. The van der Waals surface area contributed by atoms with Gasteiger partial charge in [-0.1, -0.05) is 12.1 Å². The molecule has 150 valence electrons. The molecule has 7 nitrogen and oxygen atoms in total. The zero-order chi connectivity index (χ0) is 20.9. The van der Waals surface area contributed by atoms with Crippen LogP contribution in [-0.2, 0) is 19.6 Å². The lowest BCUT2D eigenvalue weighted by atomic mass is 10.1. The fourth-order valence-corrected chi connectivity index (χ4v) is 3.70. The van der Waals surface area contributed by atoms with Crippen molar-refractivity contribution in [2.75, 3.05) is 22.1 Å². The summed E-state index contributed by atoms with van der Waals surface area (Å²) in [4.78, 5) is 24.1. The van der Waals surface area contributed by atoms with E-state index in [2.05, 4.69) is 10.6 Å². The molecule has 0 saturated heterocycles. The largest absolute Gasteiger partial charge is 0.325 e. The van der Waals surface area contributed by atoms with Crippen LogP contribution < -0.4 is 15.8 Å². The summed E-state index contributed by atoms with van der Waals surface area (Å²) < 4.78 is 23.1. The van der Waals surface area contributed by atoms with E-state index in [1.807, 2.05) is 25.1 Å². The van der Waals surface area contributed by atoms with Crippen molar-refractivity contribution >= 4 is 45.0 Å². The summed E-state index contributed by atoms with van der Waals surface area (Å²) in [5.41, 5.74) is 3.59. The van der Waals surface area contributed by atoms with Crippen molar-refractivity contribution in [2.24, 2.45) is 5.14 Å². The topological polar surface area (TPSA) is 118 Å². The van der Waals surface area contributed by atoms with Gasteiger partial charge in [-0.15, -0.1) is 11.8 Å². The second kappa shape index (κ2) is 9.22. The Labute approximate surface area is 169 Å². The number of carbonyl (C=O) groups is 2. The number of sulfonamides is 1. The van der Waals surface area contributed by atoms with Gasteiger partial charge in [0.2, 0.25) is 21.8 Å². The lowest BCUT2D eigenvalue weighted by Crippen LogP contribution is -2.19. The number of carbonyl (C=O) groups excluding carboxylic acids is 2. The van der Waals surface area contributed by atoms with Crippen LogP contribution in [0.3, 0.4) is 0 Å². The number of anilines is 2. The minimum Gasteiger partial charge on any atom is -0.325 e. The van der Waals surface area contributed by atoms with E-state index in [4.69, 9.17) is 5.14 Å². The van der Waals surface area contributed by atoms with Gasteiger partial charge in [-0.2, -0.15) is 0 Å². The number of nitrogens with two attached hydrogens (primary N) is 1. The Morgan fingerprint density at radius 3 is 2.25 bits per heavy atom. The first kappa shape index (κ1) is 21.9. The van der Waals surface area contributed by atoms with Gasteiger partial charge in [-0.25, -0.2) is 13.6 Å². The van der Waals surface area contributed by atoms with Crippen LogP contribution in [0.5, 0.6) is 0 Å². The van der Waals surface area contributed by atoms with Gasteiger partial charge < -0.3 is 10.6 Å². The SMILES string of the molecule is Cc1cccc(NC(=O)CSCC(=O)Nc2cc(S(N)(=O)=O)cc(C)c2C)c1. The number of aryl methyl sites for hydroxylation is 2. The highest BCUT2D eigenvalue weighted by molar-refractivity contribution is 8.00. The quantitative estimate of drug-likeness (QED) is 0.635. The second-order valence-electron chi connectivity index (χ2n) is 6.42. The second-order valence-corrected chi connectivity index (χ2v) is 8.96. The molecule has 4 N–H and O–H groups in total. The standard InChI is InChI=1S/C19H23N3O4S2/c1-12-5-4-6-15(7-12)21-18(23)10-27-11-19(24)22-17-9-16(28(20,25)26)8-13(2)14(17)3/h4-9H,10-11H2,1-3H3,(H,21,23)(H,22,24)(H2,20,25,26). The first-order chi connectivity index (χ1) is 13.1. The number of amides is 2. The van der Waals surface area contributed by atoms with Crippen LogP contribution in [0, 0.1) is 20.8 Å². The van der Waals surface area contributed by atoms with E-state index in [-0.39, 0.29) is 28.2 Å². The Kier molecular flexibility index (Phi) is 7.22. The van der Waals surface area contributed by atoms with E-state index in [1.165, 1.54) is 12.1 Å². The summed E-state index contributed by atoms with van der Waals surface area (Å²) in [6.07, 6.45) is 0. The average molecular weight is 422 g/mol. The van der Waals surface area contributed by atoms with Crippen LogP contribution >= 0.6 is 11.8 Å². The van der Waals surface area contributed by atoms with E-state index in [9.17, 15) is 18.0 Å². The van der Waals surface area contributed by atoms with Gasteiger partial charge in [-0.05, 0) is 61.7 Å². The summed E-state index contributed by atoms with van der Waals surface area (Å²) in [5, 5.41) is 10.6. The van der Waals surface area contributed by atoms with Crippen LogP contribution in [0.4, 0.5) is 11.4 Å². The molecule has 0 radical (unpaired) electrons. The normalized spacial score (nSPS) is 11.1. The van der Waals surface area contributed by atoms with Crippen molar-refractivity contribution in [3.8, 4) is 0 Å². The molecule has 0 fully saturated rings. The lowest BCUT2D eigenvalue weighted by molar-refractivity contribution is -0.114. The van der Waals surface area contributed by atoms with Crippen molar-refractivity contribution in [2.45, 2.75) is 25.7 Å². The molecule has 2 aromatic carbocycles. The van der Waals surface area contributed by atoms with E-state index < -0.39 is 10.0 Å². The number of primary sulfonamides is 1. The number of benzene rings is 2. The number of hydrogen-bond acceptors (Lipinski definition) is 5. The molecule has 28 heavy (non-hydrogen) atoms. The molecule has 0 aliphatic carbocycles. The maximum absolute atomic E-state index is 12.2. The van der Waals surface area contributed by atoms with Gasteiger partial charge in [0, 0.05) is 11.4 Å². The van der Waals surface area contributed by atoms with Gasteiger partial charge in [-0.3, -0.25) is 9.59 Å². The molecule has 0 saturated carbocycles. The minimum absolute atomic E-state index is 0.0549. The molecule has 0 aromatic heterocycles. The minimum atomic E-state index is -3.87. The first-order valence-corrected chi connectivity index (χ1v) is 11.1. The van der Waals surface area contributed by atoms with Crippen LogP contribution in [0.25, 0.3) is 0 Å². The number of rotatable bonds is 7. The highest BCUT2D eigenvalue weighted by atomic mass is 32.2. The molecule has 9 heteroatoms. The van der Waals surface area contributed by atoms with Crippen molar-refractivity contribution in [1.29, 1.82) is 0 Å². The molecular formula is C19H23N3O4S2. The van der Waals surface area contributed by atoms with Gasteiger partial charge in [0.25, 0.3) is 0 Å². The summed E-state index contributed by atoms with van der Waals surface area (Å²) in [6.45, 7) is 5.45. The Morgan fingerprint density at radius 1 is 1.00 bits per heavy atom. The predicted octanol–water partition coefficient (Wildman–Crippen LogP) is 2.57. The smallest absolute Gasteiger partial charge is 0.238 e. The summed E-state index contributed by atoms with van der Waals surface area (Å²) in [7, 11) is -3.87. The monoisotopic (exact) mass is 421 g/mol. The van der Waals surface area contributed by atoms with Crippen LogP contribution in [0.15, 0.2) is 41.3 Å². The van der Waals surface area contributed by atoms with Gasteiger partial charge in [0.1, 0.15) is 0 Å². The van der Waals surface area contributed by atoms with E-state index in [1.54, 1.807) is 19.9 Å². The molecular weight excluding hydrogens is 398 g/mol. The van der Waals surface area contributed by atoms with Gasteiger partial charge >= 0.3 is 0 Å². The average Bonchev–Trinajstić information content (AvgIpc) is 2.57. The predicted molar refractivity (Wildman–Crippen MR) is 113 cm³/mol. The Bertz CT molecular complexity index is 1000. The lowest BCUT2D eigenvalue weighted by Gasteiger charge is -2.12. The Hall–Kier alpha value is -2.36. The van der Waals surface area contributed by atoms with Crippen LogP contribution in [0.1, 0.15) is 16.7 Å². The maximum Gasteiger partial charge on any atom is 0.238 e. The molecule has 0 bridgehead atoms. The Morgan fingerprint density at radius 2 is 1.64 bits per heavy atom. The molecule has 2 aromatic rings. The highest BCUT2D eigenvalue weighted by Gasteiger charge is 2.14. The zero-order valence-corrected chi connectivity index (χ0v) is 17.5. The molecule has 0 unspecified atom stereocenters. The highest BCUT2D eigenvalue weighted by Crippen LogP contribution is 2.23. The fourth-order valence-electron chi connectivity index (χ4n) is 2.46. The molecule has 2 amide bonds. The molecule has 0 aliphatic rings. The molecule has 2 rings (SSSR count). The van der Waals surface area contributed by atoms with Crippen LogP contribution in [0.2, 0.25) is 0 Å². The summed E-state index contributed by atoms with van der Waals surface area (Å²) in [6, 6.07) is 10.2. The summed E-state index contributed by atoms with van der Waals surface area (Å²) >= 11 is 1.16. The van der Waals surface area contributed by atoms with Crippen molar-refractivity contribution in [3.05, 3.63) is 53.1 Å². The number of thioether (sulfide) groups is 1. The molecule has 0 atom stereocenters. The molecule has 0 spiro atoms. The zero-order valence-electron chi connectivity index (χ0n) is 15.9. The number of nitrogens with one attached hydrogen (secondary N) is 2. The van der Waals surface area contributed by atoms with E-state index >= 15 is 0 Å². The Balaban J connectivity index is 1.91. The third-order valence-electron chi connectivity index (χ3n) is 4.01. The van der Waals surface area contributed by atoms with Gasteiger partial charge in [0.05, 0.1) is 16.4 Å². The fraction of sp³-hybridized carbons (Fsp3) is 0.263. The van der Waals surface area contributed by atoms with Crippen molar-refractivity contribution < 1.29 is 18.0 Å². The molecule has 0 heterocycles. The third-order valence-corrected chi connectivity index (χ3v) is 5.84. The maximum atomic E-state index is 12.2. The number of hydrogen-bond donors (Lipinski definition) is 3.